The molecular weight excluding hydrogens is 130 g/mol. The van der Waals surface area contributed by atoms with Crippen LogP contribution < -0.4 is 5.32 Å². The summed E-state index contributed by atoms with van der Waals surface area (Å²) in [5, 5.41) is 11.5. The molecule has 1 aliphatic carbocycles. The number of carbonyl (C=O) groups is 1. The standard InChI is InChI=1S/C7H13NO2/c1-6(10)8-4-7(5-9)2-3-7/h9H,2-5H2,1H3,(H,8,10). The summed E-state index contributed by atoms with van der Waals surface area (Å²) < 4.78 is 0. The van der Waals surface area contributed by atoms with Gasteiger partial charge in [0.2, 0.25) is 5.91 Å². The van der Waals surface area contributed by atoms with E-state index in [-0.39, 0.29) is 17.9 Å². The van der Waals surface area contributed by atoms with Crippen LogP contribution in [0.4, 0.5) is 0 Å². The van der Waals surface area contributed by atoms with Crippen molar-refractivity contribution in [2.24, 2.45) is 5.41 Å². The van der Waals surface area contributed by atoms with Crippen LogP contribution in [0.5, 0.6) is 0 Å². The van der Waals surface area contributed by atoms with Crippen molar-refractivity contribution in [3.63, 3.8) is 0 Å². The Balaban J connectivity index is 2.19. The lowest BCUT2D eigenvalue weighted by molar-refractivity contribution is -0.119. The van der Waals surface area contributed by atoms with Gasteiger partial charge in [-0.05, 0) is 12.8 Å². The van der Waals surface area contributed by atoms with Crippen LogP contribution in [0.3, 0.4) is 0 Å². The summed E-state index contributed by atoms with van der Waals surface area (Å²) >= 11 is 0. The molecule has 0 unspecified atom stereocenters. The number of hydrogen-bond donors (Lipinski definition) is 2. The molecule has 2 N–H and O–H groups in total. The van der Waals surface area contributed by atoms with E-state index in [1.54, 1.807) is 0 Å². The minimum absolute atomic E-state index is 0.0141. The quantitative estimate of drug-likeness (QED) is 0.579. The van der Waals surface area contributed by atoms with E-state index in [9.17, 15) is 4.79 Å². The van der Waals surface area contributed by atoms with Crippen LogP contribution >= 0.6 is 0 Å². The van der Waals surface area contributed by atoms with E-state index in [0.717, 1.165) is 12.8 Å². The van der Waals surface area contributed by atoms with E-state index in [0.29, 0.717) is 6.54 Å². The van der Waals surface area contributed by atoms with Crippen molar-refractivity contribution >= 4 is 5.91 Å². The average molecular weight is 143 g/mol. The highest BCUT2D eigenvalue weighted by atomic mass is 16.3. The van der Waals surface area contributed by atoms with Gasteiger partial charge in [-0.1, -0.05) is 0 Å². The Kier molecular flexibility index (Phi) is 1.94. The summed E-state index contributed by atoms with van der Waals surface area (Å²) in [7, 11) is 0. The summed E-state index contributed by atoms with van der Waals surface area (Å²) in [6.45, 7) is 2.33. The number of rotatable bonds is 3. The van der Waals surface area contributed by atoms with Crippen LogP contribution in [-0.4, -0.2) is 24.2 Å². The fourth-order valence-corrected chi connectivity index (χ4v) is 0.880. The van der Waals surface area contributed by atoms with E-state index in [4.69, 9.17) is 5.11 Å². The van der Waals surface area contributed by atoms with Crippen LogP contribution in [0.2, 0.25) is 0 Å². The summed E-state index contributed by atoms with van der Waals surface area (Å²) in [5.74, 6) is -0.0141. The molecular formula is C7H13NO2. The van der Waals surface area contributed by atoms with Gasteiger partial charge in [0, 0.05) is 18.9 Å². The minimum Gasteiger partial charge on any atom is -0.396 e. The van der Waals surface area contributed by atoms with Crippen LogP contribution in [0.15, 0.2) is 0 Å². The van der Waals surface area contributed by atoms with Gasteiger partial charge in [-0.15, -0.1) is 0 Å². The molecule has 0 heterocycles. The Labute approximate surface area is 60.4 Å². The van der Waals surface area contributed by atoms with Crippen molar-refractivity contribution in [2.75, 3.05) is 13.2 Å². The Hall–Kier alpha value is -0.570. The molecule has 0 aromatic carbocycles. The number of nitrogens with one attached hydrogen (secondary N) is 1. The summed E-state index contributed by atoms with van der Waals surface area (Å²) in [6.07, 6.45) is 2.09. The Morgan fingerprint density at radius 2 is 2.30 bits per heavy atom. The zero-order valence-electron chi connectivity index (χ0n) is 6.18. The third-order valence-electron chi connectivity index (χ3n) is 2.00. The molecule has 3 nitrogen and oxygen atoms in total. The highest BCUT2D eigenvalue weighted by Gasteiger charge is 2.41. The lowest BCUT2D eigenvalue weighted by Gasteiger charge is -2.10. The fraction of sp³-hybridized carbons (Fsp3) is 0.857. The van der Waals surface area contributed by atoms with Gasteiger partial charge in [-0.3, -0.25) is 4.79 Å². The summed E-state index contributed by atoms with van der Waals surface area (Å²) in [5.41, 5.74) is 0.0473. The highest BCUT2D eigenvalue weighted by molar-refractivity contribution is 5.72. The molecule has 10 heavy (non-hydrogen) atoms. The van der Waals surface area contributed by atoms with Gasteiger partial charge in [0.25, 0.3) is 0 Å². The van der Waals surface area contributed by atoms with Crippen molar-refractivity contribution in [2.45, 2.75) is 19.8 Å². The second kappa shape index (κ2) is 2.58. The van der Waals surface area contributed by atoms with Crippen LogP contribution in [0.1, 0.15) is 19.8 Å². The van der Waals surface area contributed by atoms with E-state index in [1.165, 1.54) is 6.92 Å². The maximum absolute atomic E-state index is 10.4. The monoisotopic (exact) mass is 143 g/mol. The van der Waals surface area contributed by atoms with Crippen molar-refractivity contribution in [3.05, 3.63) is 0 Å². The highest BCUT2D eigenvalue weighted by Crippen LogP contribution is 2.44. The van der Waals surface area contributed by atoms with E-state index >= 15 is 0 Å². The summed E-state index contributed by atoms with van der Waals surface area (Å²) in [4.78, 5) is 10.4. The lowest BCUT2D eigenvalue weighted by Crippen LogP contribution is -2.29. The van der Waals surface area contributed by atoms with Gasteiger partial charge in [0.05, 0.1) is 6.61 Å². The molecule has 3 heteroatoms. The second-order valence-corrected chi connectivity index (χ2v) is 3.07. The normalized spacial score (nSPS) is 20.2. The van der Waals surface area contributed by atoms with E-state index in [1.807, 2.05) is 0 Å². The lowest BCUT2D eigenvalue weighted by atomic mass is 10.1. The number of aliphatic hydroxyl groups is 1. The molecule has 0 aromatic rings. The predicted octanol–water partition coefficient (Wildman–Crippen LogP) is -0.105. The van der Waals surface area contributed by atoms with Crippen molar-refractivity contribution < 1.29 is 9.90 Å². The molecule has 0 saturated heterocycles. The largest absolute Gasteiger partial charge is 0.396 e. The smallest absolute Gasteiger partial charge is 0.216 e. The first kappa shape index (κ1) is 7.54. The second-order valence-electron chi connectivity index (χ2n) is 3.07. The van der Waals surface area contributed by atoms with Gasteiger partial charge >= 0.3 is 0 Å². The first-order valence-corrected chi connectivity index (χ1v) is 3.54. The number of carbonyl (C=O) groups excluding carboxylic acids is 1. The predicted molar refractivity (Wildman–Crippen MR) is 37.4 cm³/mol. The molecule has 0 radical (unpaired) electrons. The Morgan fingerprint density at radius 3 is 2.60 bits per heavy atom. The van der Waals surface area contributed by atoms with Gasteiger partial charge < -0.3 is 10.4 Å². The summed E-state index contributed by atoms with van der Waals surface area (Å²) in [6, 6.07) is 0. The molecule has 0 bridgehead atoms. The molecule has 1 amide bonds. The maximum atomic E-state index is 10.4. The van der Waals surface area contributed by atoms with Crippen LogP contribution in [-0.2, 0) is 4.79 Å². The van der Waals surface area contributed by atoms with Crippen LogP contribution in [0, 0.1) is 5.41 Å². The third kappa shape index (κ3) is 1.70. The number of hydrogen-bond acceptors (Lipinski definition) is 2. The molecule has 1 aliphatic rings. The van der Waals surface area contributed by atoms with E-state index in [2.05, 4.69) is 5.32 Å². The van der Waals surface area contributed by atoms with Crippen molar-refractivity contribution in [3.8, 4) is 0 Å². The fourth-order valence-electron chi connectivity index (χ4n) is 0.880. The SMILES string of the molecule is CC(=O)NCC1(CO)CC1. The zero-order chi connectivity index (χ0) is 7.61. The topological polar surface area (TPSA) is 49.3 Å². The van der Waals surface area contributed by atoms with Crippen LogP contribution in [0.25, 0.3) is 0 Å². The molecule has 0 atom stereocenters. The Bertz CT molecular complexity index is 141. The van der Waals surface area contributed by atoms with Crippen molar-refractivity contribution in [1.29, 1.82) is 0 Å². The Morgan fingerprint density at radius 1 is 1.70 bits per heavy atom. The first-order valence-electron chi connectivity index (χ1n) is 3.54. The van der Waals surface area contributed by atoms with Gasteiger partial charge in [0.15, 0.2) is 0 Å². The number of aliphatic hydroxyl groups excluding tert-OH is 1. The molecule has 0 aliphatic heterocycles. The molecule has 1 fully saturated rings. The molecule has 1 rings (SSSR count). The average Bonchev–Trinajstić information content (AvgIpc) is 2.64. The maximum Gasteiger partial charge on any atom is 0.216 e. The van der Waals surface area contributed by atoms with Gasteiger partial charge in [0.1, 0.15) is 0 Å². The third-order valence-corrected chi connectivity index (χ3v) is 2.00. The molecule has 58 valence electrons. The van der Waals surface area contributed by atoms with Crippen molar-refractivity contribution in [1.82, 2.24) is 5.32 Å². The van der Waals surface area contributed by atoms with Gasteiger partial charge in [-0.2, -0.15) is 0 Å². The molecule has 0 aromatic heterocycles. The van der Waals surface area contributed by atoms with Gasteiger partial charge in [-0.25, -0.2) is 0 Å². The minimum atomic E-state index is -0.0141. The number of amides is 1. The zero-order valence-corrected chi connectivity index (χ0v) is 6.18. The molecule has 1 saturated carbocycles. The first-order chi connectivity index (χ1) is 4.68. The van der Waals surface area contributed by atoms with E-state index < -0.39 is 0 Å². The molecule has 0 spiro atoms.